The van der Waals surface area contributed by atoms with Gasteiger partial charge in [-0.15, -0.1) is 13.2 Å². The molecule has 0 saturated heterocycles. The van der Waals surface area contributed by atoms with Crippen molar-refractivity contribution in [3.8, 4) is 5.75 Å². The average Bonchev–Trinajstić information content (AvgIpc) is 3.56. The molecule has 2 aromatic carbocycles. The van der Waals surface area contributed by atoms with Gasteiger partial charge in [0.2, 0.25) is 5.91 Å². The zero-order valence-electron chi connectivity index (χ0n) is 16.6. The van der Waals surface area contributed by atoms with Gasteiger partial charge in [0.15, 0.2) is 0 Å². The van der Waals surface area contributed by atoms with Crippen LogP contribution in [0.4, 0.5) is 18.9 Å². The van der Waals surface area contributed by atoms with Crippen LogP contribution in [0, 0.1) is 0 Å². The number of thioether (sulfide) groups is 1. The second-order valence-corrected chi connectivity index (χ2v) is 8.18. The van der Waals surface area contributed by atoms with Gasteiger partial charge in [0, 0.05) is 17.1 Å². The van der Waals surface area contributed by atoms with Crippen LogP contribution >= 0.6 is 11.8 Å². The summed E-state index contributed by atoms with van der Waals surface area (Å²) < 4.78 is 40.5. The summed E-state index contributed by atoms with van der Waals surface area (Å²) in [4.78, 5) is 29.4. The van der Waals surface area contributed by atoms with Gasteiger partial charge in [0.05, 0.1) is 21.9 Å². The molecule has 0 aliphatic heterocycles. The number of nitrogens with zero attached hydrogens (tertiary/aromatic N) is 1. The Bertz CT molecular complexity index is 1150. The first-order chi connectivity index (χ1) is 15.3. The van der Waals surface area contributed by atoms with Crippen molar-refractivity contribution in [2.24, 2.45) is 0 Å². The van der Waals surface area contributed by atoms with Crippen LogP contribution < -0.4 is 15.4 Å². The molecule has 4 rings (SSSR count). The monoisotopic (exact) mass is 461 g/mol. The van der Waals surface area contributed by atoms with Crippen molar-refractivity contribution in [3.63, 3.8) is 0 Å². The Kier molecular flexibility index (Phi) is 6.22. The number of ether oxygens (including phenoxy) is 1. The SMILES string of the molecule is O=C(CSc1cc(C(=O)NC2CC2)c2ccccc2n1)Nc1ccc(OC(F)(F)F)cc1. The molecule has 1 heterocycles. The summed E-state index contributed by atoms with van der Waals surface area (Å²) in [6.45, 7) is 0. The van der Waals surface area contributed by atoms with E-state index in [0.717, 1.165) is 42.1 Å². The predicted molar refractivity (Wildman–Crippen MR) is 115 cm³/mol. The topological polar surface area (TPSA) is 80.3 Å². The summed E-state index contributed by atoms with van der Waals surface area (Å²) in [6.07, 6.45) is -2.83. The van der Waals surface area contributed by atoms with Crippen LogP contribution in [0.15, 0.2) is 59.6 Å². The van der Waals surface area contributed by atoms with Crippen LogP contribution in [0.5, 0.6) is 5.75 Å². The molecule has 0 atom stereocenters. The first-order valence-electron chi connectivity index (χ1n) is 9.76. The van der Waals surface area contributed by atoms with E-state index in [1.165, 1.54) is 12.1 Å². The van der Waals surface area contributed by atoms with Gasteiger partial charge in [-0.1, -0.05) is 30.0 Å². The summed E-state index contributed by atoms with van der Waals surface area (Å²) in [5.74, 6) is -0.894. The highest BCUT2D eigenvalue weighted by atomic mass is 32.2. The van der Waals surface area contributed by atoms with Crippen molar-refractivity contribution < 1.29 is 27.5 Å². The molecule has 6 nitrogen and oxygen atoms in total. The molecule has 2 amide bonds. The van der Waals surface area contributed by atoms with Gasteiger partial charge in [0.1, 0.15) is 5.75 Å². The molecule has 1 aromatic heterocycles. The molecule has 0 bridgehead atoms. The fourth-order valence-electron chi connectivity index (χ4n) is 2.98. The molecule has 0 unspecified atom stereocenters. The quantitative estimate of drug-likeness (QED) is 0.496. The summed E-state index contributed by atoms with van der Waals surface area (Å²) in [6, 6.07) is 14.0. The standard InChI is InChI=1S/C22H18F3N3O3S/c23-22(24,25)31-15-9-7-13(8-10-15)26-19(29)12-32-20-11-17(21(30)27-14-5-6-14)16-3-1-2-4-18(16)28-20/h1-4,7-11,14H,5-6,12H2,(H,26,29)(H,27,30). The van der Waals surface area contributed by atoms with E-state index in [1.54, 1.807) is 12.1 Å². The van der Waals surface area contributed by atoms with Crippen molar-refractivity contribution in [1.29, 1.82) is 0 Å². The van der Waals surface area contributed by atoms with Gasteiger partial charge < -0.3 is 15.4 Å². The maximum Gasteiger partial charge on any atom is 0.573 e. The number of carbonyl (C=O) groups excluding carboxylic acids is 2. The Morgan fingerprint density at radius 1 is 1.09 bits per heavy atom. The van der Waals surface area contributed by atoms with Crippen LogP contribution in [0.25, 0.3) is 10.9 Å². The summed E-state index contributed by atoms with van der Waals surface area (Å²) in [5, 5.41) is 6.84. The predicted octanol–water partition coefficient (Wildman–Crippen LogP) is 4.76. The number of pyridine rings is 1. The Morgan fingerprint density at radius 3 is 2.50 bits per heavy atom. The lowest BCUT2D eigenvalue weighted by atomic mass is 10.1. The van der Waals surface area contributed by atoms with Crippen molar-refractivity contribution in [2.75, 3.05) is 11.1 Å². The number of benzene rings is 2. The maximum absolute atomic E-state index is 12.6. The van der Waals surface area contributed by atoms with Gasteiger partial charge in [-0.2, -0.15) is 0 Å². The second-order valence-electron chi connectivity index (χ2n) is 7.18. The van der Waals surface area contributed by atoms with E-state index in [9.17, 15) is 22.8 Å². The summed E-state index contributed by atoms with van der Waals surface area (Å²) >= 11 is 1.16. The highest BCUT2D eigenvalue weighted by molar-refractivity contribution is 7.99. The first-order valence-corrected chi connectivity index (χ1v) is 10.7. The smallest absolute Gasteiger partial charge is 0.406 e. The number of carbonyl (C=O) groups is 2. The number of anilines is 1. The third kappa shape index (κ3) is 5.91. The van der Waals surface area contributed by atoms with Crippen LogP contribution in [0.2, 0.25) is 0 Å². The first kappa shape index (κ1) is 21.9. The zero-order valence-corrected chi connectivity index (χ0v) is 17.4. The molecule has 1 aliphatic carbocycles. The van der Waals surface area contributed by atoms with Crippen molar-refractivity contribution >= 4 is 40.2 Å². The molecule has 0 spiro atoms. The molecule has 32 heavy (non-hydrogen) atoms. The fraction of sp³-hybridized carbons (Fsp3) is 0.227. The Labute approximate surface area is 185 Å². The normalized spacial score (nSPS) is 13.6. The second kappa shape index (κ2) is 9.07. The molecule has 2 N–H and O–H groups in total. The minimum absolute atomic E-state index is 0.00975. The molecule has 1 saturated carbocycles. The molecule has 1 aliphatic rings. The van der Waals surface area contributed by atoms with Crippen LogP contribution in [-0.4, -0.2) is 35.0 Å². The average molecular weight is 461 g/mol. The van der Waals surface area contributed by atoms with E-state index in [1.807, 2.05) is 18.2 Å². The molecular formula is C22H18F3N3O3S. The van der Waals surface area contributed by atoms with Crippen molar-refractivity contribution in [2.45, 2.75) is 30.3 Å². The number of hydrogen-bond donors (Lipinski definition) is 2. The van der Waals surface area contributed by atoms with Gasteiger partial charge >= 0.3 is 6.36 Å². The minimum Gasteiger partial charge on any atom is -0.406 e. The lowest BCUT2D eigenvalue weighted by Crippen LogP contribution is -2.25. The maximum atomic E-state index is 12.6. The fourth-order valence-corrected chi connectivity index (χ4v) is 3.70. The van der Waals surface area contributed by atoms with E-state index < -0.39 is 6.36 Å². The zero-order chi connectivity index (χ0) is 22.7. The van der Waals surface area contributed by atoms with Crippen molar-refractivity contribution in [3.05, 3.63) is 60.2 Å². The lowest BCUT2D eigenvalue weighted by Gasteiger charge is -2.11. The van der Waals surface area contributed by atoms with Gasteiger partial charge in [0.25, 0.3) is 5.91 Å². The molecule has 3 aromatic rings. The van der Waals surface area contributed by atoms with Gasteiger partial charge in [-0.05, 0) is 49.2 Å². The highest BCUT2D eigenvalue weighted by Crippen LogP contribution is 2.27. The number of fused-ring (bicyclic) bond motifs is 1. The number of amides is 2. The Balaban J connectivity index is 1.41. The summed E-state index contributed by atoms with van der Waals surface area (Å²) in [5.41, 5.74) is 1.49. The number of para-hydroxylation sites is 1. The number of rotatable bonds is 7. The van der Waals surface area contributed by atoms with Crippen molar-refractivity contribution in [1.82, 2.24) is 10.3 Å². The number of alkyl halides is 3. The van der Waals surface area contributed by atoms with Gasteiger partial charge in [-0.25, -0.2) is 4.98 Å². The Hall–Kier alpha value is -3.27. The molecule has 0 radical (unpaired) electrons. The van der Waals surface area contributed by atoms with E-state index in [4.69, 9.17) is 0 Å². The number of halogens is 3. The highest BCUT2D eigenvalue weighted by Gasteiger charge is 2.31. The van der Waals surface area contributed by atoms with E-state index in [0.29, 0.717) is 21.8 Å². The number of aromatic nitrogens is 1. The molecule has 1 fully saturated rings. The summed E-state index contributed by atoms with van der Waals surface area (Å²) in [7, 11) is 0. The lowest BCUT2D eigenvalue weighted by molar-refractivity contribution is -0.274. The van der Waals surface area contributed by atoms with Crippen LogP contribution in [0.1, 0.15) is 23.2 Å². The molecular weight excluding hydrogens is 443 g/mol. The van der Waals surface area contributed by atoms with E-state index >= 15 is 0 Å². The largest absolute Gasteiger partial charge is 0.573 e. The minimum atomic E-state index is -4.78. The third-order valence-electron chi connectivity index (χ3n) is 4.57. The molecule has 166 valence electrons. The van der Waals surface area contributed by atoms with Crippen LogP contribution in [0.3, 0.4) is 0 Å². The van der Waals surface area contributed by atoms with E-state index in [-0.39, 0.29) is 29.4 Å². The van der Waals surface area contributed by atoms with Gasteiger partial charge in [-0.3, -0.25) is 9.59 Å². The van der Waals surface area contributed by atoms with Crippen LogP contribution in [-0.2, 0) is 4.79 Å². The molecule has 10 heteroatoms. The number of hydrogen-bond acceptors (Lipinski definition) is 5. The van der Waals surface area contributed by atoms with E-state index in [2.05, 4.69) is 20.4 Å². The number of nitrogens with one attached hydrogen (secondary N) is 2. The third-order valence-corrected chi connectivity index (χ3v) is 5.48. The Morgan fingerprint density at radius 2 is 1.81 bits per heavy atom.